The Balaban J connectivity index is 1.80. The number of piperidine rings is 1. The van der Waals surface area contributed by atoms with Crippen LogP contribution in [0.1, 0.15) is 40.0 Å². The summed E-state index contributed by atoms with van der Waals surface area (Å²) in [6, 6.07) is 0.593. The summed E-state index contributed by atoms with van der Waals surface area (Å²) in [5.74, 6) is 0.596. The van der Waals surface area contributed by atoms with Crippen molar-refractivity contribution in [2.75, 3.05) is 43.4 Å². The Kier molecular flexibility index (Phi) is 6.72. The minimum atomic E-state index is -3.06. The lowest BCUT2D eigenvalue weighted by Crippen LogP contribution is -2.46. The van der Waals surface area contributed by atoms with Gasteiger partial charge in [0.05, 0.1) is 22.5 Å². The molecule has 1 unspecified atom stereocenters. The molecule has 0 aromatic rings. The Morgan fingerprint density at radius 2 is 1.50 bits per heavy atom. The number of hydrogen-bond donors (Lipinski definition) is 0. The highest BCUT2D eigenvalue weighted by Crippen LogP contribution is 2.21. The molecule has 0 spiro atoms. The zero-order chi connectivity index (χ0) is 18.0. The highest BCUT2D eigenvalue weighted by atomic mass is 32.2. The van der Waals surface area contributed by atoms with Gasteiger partial charge >= 0.3 is 0 Å². The lowest BCUT2D eigenvalue weighted by Gasteiger charge is -2.35. The Morgan fingerprint density at radius 3 is 2.00 bits per heavy atom. The molecule has 0 radical (unpaired) electrons. The minimum Gasteiger partial charge on any atom is -0.301 e. The molecule has 0 bridgehead atoms. The third-order valence-corrected chi connectivity index (χ3v) is 9.44. The Bertz CT molecular complexity index is 594. The first-order chi connectivity index (χ1) is 11.1. The van der Waals surface area contributed by atoms with Crippen LogP contribution in [0.5, 0.6) is 0 Å². The van der Waals surface area contributed by atoms with Crippen LogP contribution in [-0.4, -0.2) is 87.4 Å². The van der Waals surface area contributed by atoms with Gasteiger partial charge in [0.25, 0.3) is 0 Å². The molecule has 0 N–H and O–H groups in total. The first-order valence-electron chi connectivity index (χ1n) is 9.01. The predicted octanol–water partition coefficient (Wildman–Crippen LogP) is 0.783. The maximum atomic E-state index is 12.6. The van der Waals surface area contributed by atoms with Gasteiger partial charge in [0.15, 0.2) is 19.7 Å². The van der Waals surface area contributed by atoms with Crippen LogP contribution in [0.4, 0.5) is 0 Å². The highest BCUT2D eigenvalue weighted by molar-refractivity contribution is 7.92. The molecule has 0 saturated carbocycles. The lowest BCUT2D eigenvalue weighted by molar-refractivity contribution is 0.186. The summed E-state index contributed by atoms with van der Waals surface area (Å²) >= 11 is 0. The SMILES string of the molecule is CC(C)N1CCC(S(=O)(=O)CCC(C)N2CCS(=O)(=O)CC2)CC1. The molecular weight excluding hydrogens is 348 g/mol. The zero-order valence-electron chi connectivity index (χ0n) is 15.1. The van der Waals surface area contributed by atoms with Crippen molar-refractivity contribution in [2.45, 2.75) is 57.4 Å². The fraction of sp³-hybridized carbons (Fsp3) is 1.00. The van der Waals surface area contributed by atoms with Crippen molar-refractivity contribution in [2.24, 2.45) is 0 Å². The van der Waals surface area contributed by atoms with Crippen LogP contribution >= 0.6 is 0 Å². The summed E-state index contributed by atoms with van der Waals surface area (Å²) in [5.41, 5.74) is 0. The molecule has 0 amide bonds. The fourth-order valence-electron chi connectivity index (χ4n) is 3.60. The quantitative estimate of drug-likeness (QED) is 0.678. The summed E-state index contributed by atoms with van der Waals surface area (Å²) in [6.07, 6.45) is 2.06. The molecule has 2 aliphatic rings. The Hall–Kier alpha value is -0.180. The van der Waals surface area contributed by atoms with E-state index in [0.29, 0.717) is 25.6 Å². The summed E-state index contributed by atoms with van der Waals surface area (Å²) in [5, 5.41) is -0.207. The van der Waals surface area contributed by atoms with Gasteiger partial charge in [-0.15, -0.1) is 0 Å². The first-order valence-corrected chi connectivity index (χ1v) is 12.5. The van der Waals surface area contributed by atoms with Gasteiger partial charge in [-0.1, -0.05) is 0 Å². The van der Waals surface area contributed by atoms with Crippen molar-refractivity contribution >= 4 is 19.7 Å². The number of likely N-dealkylation sites (tertiary alicyclic amines) is 1. The van der Waals surface area contributed by atoms with Crippen LogP contribution in [0.15, 0.2) is 0 Å². The third kappa shape index (κ3) is 5.41. The smallest absolute Gasteiger partial charge is 0.153 e. The third-order valence-electron chi connectivity index (χ3n) is 5.54. The predicted molar refractivity (Wildman–Crippen MR) is 97.8 cm³/mol. The number of hydrogen-bond acceptors (Lipinski definition) is 6. The molecule has 142 valence electrons. The van der Waals surface area contributed by atoms with Crippen molar-refractivity contribution in [3.63, 3.8) is 0 Å². The minimum absolute atomic E-state index is 0.117. The molecule has 6 nitrogen and oxygen atoms in total. The zero-order valence-corrected chi connectivity index (χ0v) is 16.8. The molecule has 2 heterocycles. The normalized spacial score (nSPS) is 25.8. The van der Waals surface area contributed by atoms with Gasteiger partial charge in [0.2, 0.25) is 0 Å². The van der Waals surface area contributed by atoms with E-state index in [4.69, 9.17) is 0 Å². The van der Waals surface area contributed by atoms with E-state index in [1.54, 1.807) is 0 Å². The van der Waals surface area contributed by atoms with E-state index in [2.05, 4.69) is 23.6 Å². The second-order valence-corrected chi connectivity index (χ2v) is 12.2. The largest absolute Gasteiger partial charge is 0.301 e. The topological polar surface area (TPSA) is 74.8 Å². The van der Waals surface area contributed by atoms with Gasteiger partial charge in [0.1, 0.15) is 0 Å². The van der Waals surface area contributed by atoms with Gasteiger partial charge < -0.3 is 4.90 Å². The van der Waals surface area contributed by atoms with Crippen molar-refractivity contribution in [3.8, 4) is 0 Å². The van der Waals surface area contributed by atoms with E-state index < -0.39 is 19.7 Å². The second kappa shape index (κ2) is 8.01. The molecule has 0 aromatic heterocycles. The maximum absolute atomic E-state index is 12.6. The van der Waals surface area contributed by atoms with Crippen LogP contribution in [0.2, 0.25) is 0 Å². The van der Waals surface area contributed by atoms with Gasteiger partial charge in [-0.2, -0.15) is 0 Å². The lowest BCUT2D eigenvalue weighted by atomic mass is 10.1. The molecule has 2 fully saturated rings. The van der Waals surface area contributed by atoms with E-state index in [1.807, 2.05) is 6.92 Å². The van der Waals surface area contributed by atoms with Gasteiger partial charge in [0, 0.05) is 25.2 Å². The van der Waals surface area contributed by atoms with Crippen molar-refractivity contribution in [1.29, 1.82) is 0 Å². The average Bonchev–Trinajstić information content (AvgIpc) is 2.52. The summed E-state index contributed by atoms with van der Waals surface area (Å²) < 4.78 is 48.2. The molecule has 2 rings (SSSR count). The fourth-order valence-corrected chi connectivity index (χ4v) is 6.76. The standard InChI is InChI=1S/C16H32N2O4S2/c1-14(2)17-7-4-16(5-8-17)24(21,22)11-6-15(3)18-9-12-23(19,20)13-10-18/h14-16H,4-13H2,1-3H3. The monoisotopic (exact) mass is 380 g/mol. The van der Waals surface area contributed by atoms with Crippen LogP contribution in [0.3, 0.4) is 0 Å². The van der Waals surface area contributed by atoms with Crippen LogP contribution in [0, 0.1) is 0 Å². The van der Waals surface area contributed by atoms with Crippen LogP contribution in [-0.2, 0) is 19.7 Å². The van der Waals surface area contributed by atoms with E-state index >= 15 is 0 Å². The summed E-state index contributed by atoms with van der Waals surface area (Å²) in [6.45, 7) is 9.08. The molecule has 24 heavy (non-hydrogen) atoms. The molecule has 0 aromatic carbocycles. The molecule has 8 heteroatoms. The average molecular weight is 381 g/mol. The van der Waals surface area contributed by atoms with Crippen LogP contribution in [0.25, 0.3) is 0 Å². The molecular formula is C16H32N2O4S2. The van der Waals surface area contributed by atoms with Gasteiger partial charge in [-0.05, 0) is 53.1 Å². The number of rotatable bonds is 6. The highest BCUT2D eigenvalue weighted by Gasteiger charge is 2.32. The first kappa shape index (κ1) is 20.1. The Labute approximate surface area is 147 Å². The van der Waals surface area contributed by atoms with Crippen molar-refractivity contribution in [3.05, 3.63) is 0 Å². The summed E-state index contributed by atoms with van der Waals surface area (Å²) in [7, 11) is -5.95. The molecule has 0 aliphatic carbocycles. The van der Waals surface area contributed by atoms with E-state index in [-0.39, 0.29) is 28.6 Å². The molecule has 2 aliphatic heterocycles. The number of nitrogens with zero attached hydrogens (tertiary/aromatic N) is 2. The van der Waals surface area contributed by atoms with E-state index in [9.17, 15) is 16.8 Å². The van der Waals surface area contributed by atoms with Gasteiger partial charge in [-0.3, -0.25) is 4.90 Å². The van der Waals surface area contributed by atoms with Crippen LogP contribution < -0.4 is 0 Å². The summed E-state index contributed by atoms with van der Waals surface area (Å²) in [4.78, 5) is 4.45. The molecule has 1 atom stereocenters. The van der Waals surface area contributed by atoms with Crippen molar-refractivity contribution < 1.29 is 16.8 Å². The Morgan fingerprint density at radius 1 is 0.958 bits per heavy atom. The van der Waals surface area contributed by atoms with E-state index in [0.717, 1.165) is 25.9 Å². The van der Waals surface area contributed by atoms with Gasteiger partial charge in [-0.25, -0.2) is 16.8 Å². The van der Waals surface area contributed by atoms with E-state index in [1.165, 1.54) is 0 Å². The maximum Gasteiger partial charge on any atom is 0.153 e. The number of sulfone groups is 2. The van der Waals surface area contributed by atoms with Crippen molar-refractivity contribution in [1.82, 2.24) is 9.80 Å². The molecule has 2 saturated heterocycles. The second-order valence-electron chi connectivity index (χ2n) is 7.52.